The maximum atomic E-state index is 14.4. The number of ether oxygens (including phenoxy) is 1. The van der Waals surface area contributed by atoms with E-state index in [1.165, 1.54) is 4.90 Å². The summed E-state index contributed by atoms with van der Waals surface area (Å²) < 4.78 is 5.57. The Labute approximate surface area is 303 Å². The van der Waals surface area contributed by atoms with E-state index in [1.54, 1.807) is 29.2 Å². The van der Waals surface area contributed by atoms with Crippen molar-refractivity contribution in [3.63, 3.8) is 0 Å². The first kappa shape index (κ1) is 33.8. The van der Waals surface area contributed by atoms with Crippen LogP contribution in [0.3, 0.4) is 0 Å². The average molecular weight is 693 g/mol. The topological polar surface area (TPSA) is 84.0 Å². The summed E-state index contributed by atoms with van der Waals surface area (Å²) in [4.78, 5) is 59.8. The summed E-state index contributed by atoms with van der Waals surface area (Å²) in [5.74, 6) is -0.507. The van der Waals surface area contributed by atoms with Crippen LogP contribution >= 0.6 is 0 Å². The summed E-state index contributed by atoms with van der Waals surface area (Å²) >= 11 is 0. The van der Waals surface area contributed by atoms with Crippen molar-refractivity contribution in [3.05, 3.63) is 95.1 Å². The zero-order valence-corrected chi connectivity index (χ0v) is 30.2. The highest BCUT2D eigenvalue weighted by molar-refractivity contribution is 6.43. The van der Waals surface area contributed by atoms with Gasteiger partial charge in [-0.25, -0.2) is 4.90 Å². The molecular formula is C45H44N2O5. The quantitative estimate of drug-likeness (QED) is 0.0491. The minimum Gasteiger partial charge on any atom is -0.494 e. The third-order valence-electron chi connectivity index (χ3n) is 11.2. The molecule has 52 heavy (non-hydrogen) atoms. The molecule has 0 bridgehead atoms. The zero-order chi connectivity index (χ0) is 36.1. The Kier molecular flexibility index (Phi) is 8.90. The Balaban J connectivity index is 1.24. The molecule has 0 saturated heterocycles. The van der Waals surface area contributed by atoms with Gasteiger partial charge >= 0.3 is 0 Å². The third kappa shape index (κ3) is 5.23. The second-order valence-corrected chi connectivity index (χ2v) is 14.3. The molecule has 264 valence electrons. The fourth-order valence-corrected chi connectivity index (χ4v) is 8.73. The van der Waals surface area contributed by atoms with Gasteiger partial charge in [0.1, 0.15) is 5.75 Å². The number of imide groups is 2. The van der Waals surface area contributed by atoms with Gasteiger partial charge < -0.3 is 4.74 Å². The summed E-state index contributed by atoms with van der Waals surface area (Å²) in [7, 11) is 0. The van der Waals surface area contributed by atoms with Crippen molar-refractivity contribution in [2.75, 3.05) is 11.5 Å². The van der Waals surface area contributed by atoms with Gasteiger partial charge in [-0.1, -0.05) is 89.5 Å². The number of nitrogens with zero attached hydrogens (tertiary/aromatic N) is 2. The summed E-state index contributed by atoms with van der Waals surface area (Å²) in [6.07, 6.45) is 10.4. The Morgan fingerprint density at radius 1 is 0.481 bits per heavy atom. The third-order valence-corrected chi connectivity index (χ3v) is 11.2. The summed E-state index contributed by atoms with van der Waals surface area (Å²) in [5.41, 5.74) is 2.53. The molecule has 0 atom stereocenters. The average Bonchev–Trinajstić information content (AvgIpc) is 3.16. The molecular weight excluding hydrogens is 649 g/mol. The van der Waals surface area contributed by atoms with Crippen LogP contribution in [0.15, 0.2) is 72.8 Å². The maximum Gasteiger partial charge on any atom is 0.265 e. The van der Waals surface area contributed by atoms with Gasteiger partial charge in [0.15, 0.2) is 0 Å². The first-order valence-corrected chi connectivity index (χ1v) is 19.1. The second-order valence-electron chi connectivity index (χ2n) is 14.3. The summed E-state index contributed by atoms with van der Waals surface area (Å²) in [6.45, 7) is 6.81. The van der Waals surface area contributed by atoms with E-state index in [1.807, 2.05) is 55.5 Å². The van der Waals surface area contributed by atoms with Gasteiger partial charge in [-0.3, -0.25) is 24.1 Å². The fraction of sp³-hybridized carbons (Fsp3) is 0.333. The number of carbonyl (C=O) groups excluding carboxylic acids is 4. The highest BCUT2D eigenvalue weighted by atomic mass is 16.5. The van der Waals surface area contributed by atoms with Crippen LogP contribution in [0.25, 0.3) is 43.1 Å². The van der Waals surface area contributed by atoms with E-state index in [9.17, 15) is 19.2 Å². The lowest BCUT2D eigenvalue weighted by atomic mass is 9.82. The monoisotopic (exact) mass is 692 g/mol. The zero-order valence-electron chi connectivity index (χ0n) is 30.2. The van der Waals surface area contributed by atoms with Crippen LogP contribution in [-0.4, -0.2) is 41.2 Å². The number of benzene rings is 6. The van der Waals surface area contributed by atoms with Crippen LogP contribution in [0.4, 0.5) is 5.69 Å². The summed E-state index contributed by atoms with van der Waals surface area (Å²) in [5, 5.41) is 6.61. The van der Waals surface area contributed by atoms with Gasteiger partial charge in [-0.2, -0.15) is 0 Å². The van der Waals surface area contributed by atoms with E-state index < -0.39 is 0 Å². The van der Waals surface area contributed by atoms with Gasteiger partial charge in [0.05, 0.1) is 12.3 Å². The van der Waals surface area contributed by atoms with E-state index >= 15 is 0 Å². The van der Waals surface area contributed by atoms with Crippen molar-refractivity contribution in [1.82, 2.24) is 4.90 Å². The first-order valence-electron chi connectivity index (χ1n) is 19.1. The highest BCUT2D eigenvalue weighted by Crippen LogP contribution is 2.47. The van der Waals surface area contributed by atoms with Crippen molar-refractivity contribution in [3.8, 4) is 5.75 Å². The number of amides is 4. The lowest BCUT2D eigenvalue weighted by Gasteiger charge is -2.35. The minimum atomic E-state index is -0.378. The number of hydrogen-bond acceptors (Lipinski definition) is 5. The van der Waals surface area contributed by atoms with Crippen molar-refractivity contribution in [1.29, 1.82) is 0 Å². The standard InChI is InChI=1S/C45H44N2O5/c1-4-7-9-11-13-27(14-12-10-8-5-2)46-42(48)34-23-19-30-32-21-25-36-41-37(45(51)47(44(36)50)28-15-17-29(18-16-28)52-6-3)26-22-33(39(32)41)31-20-24-35(43(46)49)40(34)38(30)31/h15-27H,4-14H2,1-3H3. The van der Waals surface area contributed by atoms with E-state index in [0.29, 0.717) is 51.1 Å². The van der Waals surface area contributed by atoms with Crippen LogP contribution in [-0.2, 0) is 0 Å². The Hall–Kier alpha value is -5.30. The lowest BCUT2D eigenvalue weighted by Crippen LogP contribution is -2.47. The normalized spacial score (nSPS) is 14.4. The number of anilines is 1. The molecule has 2 heterocycles. The summed E-state index contributed by atoms with van der Waals surface area (Å²) in [6, 6.07) is 22.1. The van der Waals surface area contributed by atoms with E-state index in [-0.39, 0.29) is 29.7 Å². The molecule has 0 radical (unpaired) electrons. The van der Waals surface area contributed by atoms with Gasteiger partial charge in [-0.15, -0.1) is 0 Å². The lowest BCUT2D eigenvalue weighted by molar-refractivity contribution is 0.0516. The Morgan fingerprint density at radius 3 is 1.31 bits per heavy atom. The molecule has 0 aromatic heterocycles. The number of unbranched alkanes of at least 4 members (excludes halogenated alkanes) is 6. The van der Waals surface area contributed by atoms with Gasteiger partial charge in [0, 0.05) is 39.1 Å². The molecule has 7 heteroatoms. The Morgan fingerprint density at radius 2 is 0.904 bits per heavy atom. The fourth-order valence-electron chi connectivity index (χ4n) is 8.73. The maximum absolute atomic E-state index is 14.4. The largest absolute Gasteiger partial charge is 0.494 e. The highest BCUT2D eigenvalue weighted by Gasteiger charge is 2.39. The molecule has 8 rings (SSSR count). The van der Waals surface area contributed by atoms with Crippen LogP contribution < -0.4 is 9.64 Å². The van der Waals surface area contributed by atoms with Crippen molar-refractivity contribution in [2.45, 2.75) is 91.0 Å². The van der Waals surface area contributed by atoms with Gasteiger partial charge in [0.25, 0.3) is 23.6 Å². The molecule has 0 saturated carbocycles. The molecule has 0 aliphatic carbocycles. The minimum absolute atomic E-state index is 0.127. The molecule has 0 spiro atoms. The van der Waals surface area contributed by atoms with Crippen LogP contribution in [0, 0.1) is 0 Å². The van der Waals surface area contributed by atoms with E-state index in [4.69, 9.17) is 4.74 Å². The molecule has 7 nitrogen and oxygen atoms in total. The SMILES string of the molecule is CCCCCCC(CCCCCC)N1C(=O)c2ccc3c4ccc5c6c(ccc(c7ccc(c2c37)C1=O)c64)C(=O)N(c1ccc(OCC)cc1)C5=O. The smallest absolute Gasteiger partial charge is 0.265 e. The molecule has 6 aromatic carbocycles. The predicted octanol–water partition coefficient (Wildman–Crippen LogP) is 10.8. The first-order chi connectivity index (χ1) is 25.4. The number of rotatable bonds is 14. The molecule has 0 unspecified atom stereocenters. The van der Waals surface area contributed by atoms with Crippen LogP contribution in [0.1, 0.15) is 126 Å². The molecule has 2 aliphatic rings. The molecule has 4 amide bonds. The second kappa shape index (κ2) is 13.7. The van der Waals surface area contributed by atoms with E-state index in [2.05, 4.69) is 13.8 Å². The van der Waals surface area contributed by atoms with Gasteiger partial charge in [-0.05, 0) is 101 Å². The number of carbonyl (C=O) groups is 4. The number of fused-ring (bicyclic) bond motifs is 2. The van der Waals surface area contributed by atoms with Crippen LogP contribution in [0.2, 0.25) is 0 Å². The number of hydrogen-bond donors (Lipinski definition) is 0. The van der Waals surface area contributed by atoms with E-state index in [0.717, 1.165) is 96.5 Å². The Bertz CT molecular complexity index is 2260. The predicted molar refractivity (Wildman–Crippen MR) is 208 cm³/mol. The van der Waals surface area contributed by atoms with Crippen molar-refractivity contribution in [2.24, 2.45) is 0 Å². The molecule has 6 aromatic rings. The molecule has 0 N–H and O–H groups in total. The van der Waals surface area contributed by atoms with Crippen molar-refractivity contribution < 1.29 is 23.9 Å². The van der Waals surface area contributed by atoms with Gasteiger partial charge in [0.2, 0.25) is 0 Å². The molecule has 2 aliphatic heterocycles. The van der Waals surface area contributed by atoms with Crippen molar-refractivity contribution >= 4 is 72.4 Å². The van der Waals surface area contributed by atoms with Crippen LogP contribution in [0.5, 0.6) is 5.75 Å². The molecule has 0 fully saturated rings.